The lowest BCUT2D eigenvalue weighted by Crippen LogP contribution is -2.33. The molecule has 0 bridgehead atoms. The molecule has 0 spiro atoms. The molecule has 1 nitrogen and oxygen atoms in total. The van der Waals surface area contributed by atoms with E-state index in [1.54, 1.807) is 11.1 Å². The number of benzene rings is 5. The highest BCUT2D eigenvalue weighted by Gasteiger charge is 2.40. The molecule has 1 saturated carbocycles. The average molecular weight is 567 g/mol. The molecule has 3 atom stereocenters. The minimum Gasteiger partial charge on any atom is -0.456 e. The van der Waals surface area contributed by atoms with Crippen molar-refractivity contribution in [1.29, 1.82) is 0 Å². The van der Waals surface area contributed by atoms with E-state index in [1.165, 1.54) is 62.2 Å². The lowest BCUT2D eigenvalue weighted by molar-refractivity contribution is 0.204. The lowest BCUT2D eigenvalue weighted by Gasteiger charge is -2.42. The fraction of sp³-hybridized carbons (Fsp3) is 0.209. The van der Waals surface area contributed by atoms with Gasteiger partial charge in [-0.15, -0.1) is 0 Å². The first-order valence-electron chi connectivity index (χ1n) is 16.1. The first-order valence-corrected chi connectivity index (χ1v) is 16.1. The number of furan rings is 1. The summed E-state index contributed by atoms with van der Waals surface area (Å²) in [6.45, 7) is 2.38. The molecule has 0 N–H and O–H groups in total. The minimum absolute atomic E-state index is 0.104. The van der Waals surface area contributed by atoms with Gasteiger partial charge in [-0.1, -0.05) is 103 Å². The highest BCUT2D eigenvalue weighted by molar-refractivity contribution is 6.18. The second-order valence-electron chi connectivity index (χ2n) is 13.2. The summed E-state index contributed by atoms with van der Waals surface area (Å²) < 4.78 is 6.58. The Balaban J connectivity index is 1.35. The van der Waals surface area contributed by atoms with Crippen molar-refractivity contribution in [3.63, 3.8) is 0 Å². The Hall–Kier alpha value is -4.80. The molecule has 0 radical (unpaired) electrons. The monoisotopic (exact) mass is 566 g/mol. The second kappa shape index (κ2) is 9.87. The van der Waals surface area contributed by atoms with Crippen molar-refractivity contribution in [1.82, 2.24) is 0 Å². The maximum atomic E-state index is 6.58. The largest absolute Gasteiger partial charge is 0.456 e. The molecule has 1 heterocycles. The zero-order valence-electron chi connectivity index (χ0n) is 25.1. The smallest absolute Gasteiger partial charge is 0.136 e. The molecular weight excluding hydrogens is 532 g/mol. The maximum absolute atomic E-state index is 6.58. The zero-order chi connectivity index (χ0) is 29.3. The van der Waals surface area contributed by atoms with E-state index in [4.69, 9.17) is 4.42 Å². The summed E-state index contributed by atoms with van der Waals surface area (Å²) in [5, 5.41) is 5.15. The Kier molecular flexibility index (Phi) is 5.76. The van der Waals surface area contributed by atoms with E-state index in [0.29, 0.717) is 11.8 Å². The van der Waals surface area contributed by atoms with Gasteiger partial charge in [-0.3, -0.25) is 0 Å². The molecule has 9 rings (SSSR count). The van der Waals surface area contributed by atoms with Gasteiger partial charge in [-0.05, 0) is 125 Å². The van der Waals surface area contributed by atoms with Crippen molar-refractivity contribution in [3.05, 3.63) is 126 Å². The van der Waals surface area contributed by atoms with Crippen LogP contribution in [0.1, 0.15) is 55.2 Å². The SMILES string of the molecule is C[C@]12C#CC=CC1C[C@H](c1c3c(c(-c4cc(-c5ccccc5)cc5oc6ccccc6c45)c4ccccc14)C=CCC3)CC2. The first kappa shape index (κ1) is 25.7. The standard InChI is InChI=1S/C43H34O/c1-43-23-12-11-15-31(43)25-29(22-24-43)40-32-16-5-7-18-34(32)41(35-19-8-6-17-33(35)40)37-26-30(28-13-3-2-4-14-28)27-39-42(37)36-20-9-10-21-38(36)44-39/h2-5,7-11,13-16,18-21,26-27,29,31H,6,17,22,24-25H2,1H3/t29-,31?,43-/m1/s1. The third-order valence-electron chi connectivity index (χ3n) is 10.7. The Morgan fingerprint density at radius 2 is 1.61 bits per heavy atom. The third kappa shape index (κ3) is 3.87. The van der Waals surface area contributed by atoms with E-state index in [2.05, 4.69) is 134 Å². The van der Waals surface area contributed by atoms with E-state index in [9.17, 15) is 0 Å². The molecule has 0 aliphatic heterocycles. The summed E-state index contributed by atoms with van der Waals surface area (Å²) in [6, 6.07) is 33.1. The zero-order valence-corrected chi connectivity index (χ0v) is 25.1. The second-order valence-corrected chi connectivity index (χ2v) is 13.2. The van der Waals surface area contributed by atoms with Gasteiger partial charge in [0.2, 0.25) is 0 Å². The molecule has 0 saturated heterocycles. The summed E-state index contributed by atoms with van der Waals surface area (Å²) >= 11 is 0. The molecule has 1 unspecified atom stereocenters. The van der Waals surface area contributed by atoms with E-state index in [-0.39, 0.29) is 5.41 Å². The van der Waals surface area contributed by atoms with Crippen LogP contribution in [-0.4, -0.2) is 0 Å². The molecule has 5 aromatic carbocycles. The Morgan fingerprint density at radius 3 is 2.50 bits per heavy atom. The van der Waals surface area contributed by atoms with E-state index >= 15 is 0 Å². The first-order chi connectivity index (χ1) is 21.7. The molecular formula is C43H34O. The Morgan fingerprint density at radius 1 is 0.818 bits per heavy atom. The van der Waals surface area contributed by atoms with Gasteiger partial charge in [-0.2, -0.15) is 0 Å². The van der Waals surface area contributed by atoms with Crippen LogP contribution in [0.5, 0.6) is 0 Å². The van der Waals surface area contributed by atoms with Gasteiger partial charge in [0.15, 0.2) is 0 Å². The van der Waals surface area contributed by atoms with Crippen molar-refractivity contribution in [3.8, 4) is 34.1 Å². The van der Waals surface area contributed by atoms with Crippen molar-refractivity contribution in [2.45, 2.75) is 44.9 Å². The quantitative estimate of drug-likeness (QED) is 0.194. The van der Waals surface area contributed by atoms with Crippen LogP contribution >= 0.6 is 0 Å². The van der Waals surface area contributed by atoms with Crippen LogP contribution in [0.2, 0.25) is 0 Å². The number of allylic oxidation sites excluding steroid dienone is 3. The Labute approximate surface area is 258 Å². The van der Waals surface area contributed by atoms with Crippen molar-refractivity contribution in [2.24, 2.45) is 11.3 Å². The van der Waals surface area contributed by atoms with Gasteiger partial charge in [-0.25, -0.2) is 0 Å². The van der Waals surface area contributed by atoms with Crippen LogP contribution < -0.4 is 0 Å². The maximum Gasteiger partial charge on any atom is 0.136 e. The molecule has 1 aromatic heterocycles. The van der Waals surface area contributed by atoms with Gasteiger partial charge in [0.1, 0.15) is 11.2 Å². The predicted octanol–water partition coefficient (Wildman–Crippen LogP) is 11.5. The van der Waals surface area contributed by atoms with E-state index in [0.717, 1.165) is 30.4 Å². The molecule has 1 heteroatoms. The number of rotatable bonds is 3. The average Bonchev–Trinajstić information content (AvgIpc) is 3.46. The van der Waals surface area contributed by atoms with Crippen LogP contribution in [0.15, 0.2) is 114 Å². The van der Waals surface area contributed by atoms with Crippen LogP contribution in [0.25, 0.3) is 61.0 Å². The predicted molar refractivity (Wildman–Crippen MR) is 185 cm³/mol. The fourth-order valence-electron chi connectivity index (χ4n) is 8.45. The van der Waals surface area contributed by atoms with Crippen LogP contribution in [0.4, 0.5) is 0 Å². The molecule has 3 aliphatic rings. The minimum atomic E-state index is 0.104. The third-order valence-corrected chi connectivity index (χ3v) is 10.7. The van der Waals surface area contributed by atoms with Gasteiger partial charge < -0.3 is 4.42 Å². The van der Waals surface area contributed by atoms with E-state index in [1.807, 2.05) is 0 Å². The van der Waals surface area contributed by atoms with Crippen LogP contribution in [-0.2, 0) is 6.42 Å². The molecule has 3 aliphatic carbocycles. The van der Waals surface area contributed by atoms with Crippen LogP contribution in [0.3, 0.4) is 0 Å². The summed E-state index contributed by atoms with van der Waals surface area (Å²) in [5.41, 5.74) is 11.5. The summed E-state index contributed by atoms with van der Waals surface area (Å²) in [6.07, 6.45) is 15.0. The molecule has 44 heavy (non-hydrogen) atoms. The Bertz CT molecular complexity index is 2230. The van der Waals surface area contributed by atoms with Crippen molar-refractivity contribution < 1.29 is 4.42 Å². The summed E-state index contributed by atoms with van der Waals surface area (Å²) in [5.74, 6) is 7.91. The lowest BCUT2D eigenvalue weighted by atomic mass is 9.61. The number of para-hydroxylation sites is 1. The van der Waals surface area contributed by atoms with Gasteiger partial charge in [0, 0.05) is 16.2 Å². The van der Waals surface area contributed by atoms with Crippen molar-refractivity contribution >= 4 is 38.8 Å². The van der Waals surface area contributed by atoms with Crippen LogP contribution in [0, 0.1) is 23.2 Å². The summed E-state index contributed by atoms with van der Waals surface area (Å²) in [7, 11) is 0. The molecule has 1 fully saturated rings. The summed E-state index contributed by atoms with van der Waals surface area (Å²) in [4.78, 5) is 0. The molecule has 212 valence electrons. The fourth-order valence-corrected chi connectivity index (χ4v) is 8.45. The number of fused-ring (bicyclic) bond motifs is 6. The van der Waals surface area contributed by atoms with Crippen molar-refractivity contribution in [2.75, 3.05) is 0 Å². The van der Waals surface area contributed by atoms with Gasteiger partial charge in [0.25, 0.3) is 0 Å². The normalized spacial score (nSPS) is 22.1. The highest BCUT2D eigenvalue weighted by Crippen LogP contribution is 2.53. The van der Waals surface area contributed by atoms with Gasteiger partial charge >= 0.3 is 0 Å². The van der Waals surface area contributed by atoms with Gasteiger partial charge in [0.05, 0.1) is 0 Å². The highest BCUT2D eigenvalue weighted by atomic mass is 16.3. The topological polar surface area (TPSA) is 13.1 Å². The van der Waals surface area contributed by atoms with E-state index < -0.39 is 0 Å². The molecule has 6 aromatic rings. The molecule has 0 amide bonds. The number of hydrogen-bond acceptors (Lipinski definition) is 1. The number of hydrogen-bond donors (Lipinski definition) is 0.